The first-order valence-electron chi connectivity index (χ1n) is 10.4. The highest BCUT2D eigenvalue weighted by molar-refractivity contribution is 6.25. The SMILES string of the molecule is CN(c1ccccc1-c1ccccc1)c1ccc2ccc3cccc4ccc1c2c34. The molecule has 0 saturated carbocycles. The van der Waals surface area contributed by atoms with Gasteiger partial charge in [0.2, 0.25) is 0 Å². The van der Waals surface area contributed by atoms with E-state index in [9.17, 15) is 0 Å². The molecular weight excluding hydrogens is 362 g/mol. The van der Waals surface area contributed by atoms with Gasteiger partial charge in [0.1, 0.15) is 0 Å². The van der Waals surface area contributed by atoms with E-state index in [0.717, 1.165) is 0 Å². The van der Waals surface area contributed by atoms with Crippen molar-refractivity contribution in [3.8, 4) is 11.1 Å². The summed E-state index contributed by atoms with van der Waals surface area (Å²) in [4.78, 5) is 2.33. The largest absolute Gasteiger partial charge is 0.344 e. The van der Waals surface area contributed by atoms with E-state index in [-0.39, 0.29) is 0 Å². The van der Waals surface area contributed by atoms with Gasteiger partial charge in [-0.05, 0) is 44.6 Å². The van der Waals surface area contributed by atoms with Crippen LogP contribution in [0, 0.1) is 0 Å². The van der Waals surface area contributed by atoms with E-state index in [0.29, 0.717) is 0 Å². The molecule has 0 atom stereocenters. The molecule has 0 bridgehead atoms. The minimum absolute atomic E-state index is 1.21. The van der Waals surface area contributed by atoms with Crippen LogP contribution in [0.15, 0.2) is 109 Å². The summed E-state index contributed by atoms with van der Waals surface area (Å²) in [5, 5.41) is 7.90. The molecule has 0 aromatic heterocycles. The normalized spacial score (nSPS) is 11.5. The van der Waals surface area contributed by atoms with Crippen molar-refractivity contribution in [3.05, 3.63) is 109 Å². The summed E-state index contributed by atoms with van der Waals surface area (Å²) in [6, 6.07) is 39.4. The minimum atomic E-state index is 1.21. The second-order valence-corrected chi connectivity index (χ2v) is 7.88. The maximum Gasteiger partial charge on any atom is 0.0488 e. The number of hydrogen-bond donors (Lipinski definition) is 0. The van der Waals surface area contributed by atoms with Crippen molar-refractivity contribution in [2.75, 3.05) is 11.9 Å². The summed E-state index contributed by atoms with van der Waals surface area (Å²) < 4.78 is 0. The van der Waals surface area contributed by atoms with E-state index in [4.69, 9.17) is 0 Å². The molecule has 6 rings (SSSR count). The van der Waals surface area contributed by atoms with Crippen LogP contribution in [0.3, 0.4) is 0 Å². The van der Waals surface area contributed by atoms with Crippen LogP contribution < -0.4 is 4.90 Å². The smallest absolute Gasteiger partial charge is 0.0488 e. The Morgan fingerprint density at radius 1 is 0.467 bits per heavy atom. The number of rotatable bonds is 3. The van der Waals surface area contributed by atoms with Crippen LogP contribution in [-0.2, 0) is 0 Å². The molecule has 6 aromatic carbocycles. The quantitative estimate of drug-likeness (QED) is 0.280. The number of para-hydroxylation sites is 1. The molecule has 0 radical (unpaired) electrons. The second kappa shape index (κ2) is 6.60. The van der Waals surface area contributed by atoms with Gasteiger partial charge in [-0.2, -0.15) is 0 Å². The van der Waals surface area contributed by atoms with E-state index in [1.165, 1.54) is 54.8 Å². The molecule has 142 valence electrons. The molecule has 0 N–H and O–H groups in total. The molecule has 0 amide bonds. The lowest BCUT2D eigenvalue weighted by atomic mass is 9.93. The predicted molar refractivity (Wildman–Crippen MR) is 130 cm³/mol. The van der Waals surface area contributed by atoms with Crippen LogP contribution in [0.2, 0.25) is 0 Å². The first kappa shape index (κ1) is 17.1. The van der Waals surface area contributed by atoms with Crippen LogP contribution >= 0.6 is 0 Å². The van der Waals surface area contributed by atoms with Crippen LogP contribution in [0.1, 0.15) is 0 Å². The van der Waals surface area contributed by atoms with Crippen molar-refractivity contribution in [1.29, 1.82) is 0 Å². The van der Waals surface area contributed by atoms with Crippen molar-refractivity contribution >= 4 is 43.7 Å². The van der Waals surface area contributed by atoms with Crippen LogP contribution in [0.4, 0.5) is 11.4 Å². The first-order valence-corrected chi connectivity index (χ1v) is 10.4. The molecule has 30 heavy (non-hydrogen) atoms. The standard InChI is InChI=1S/C29H21N/c1-30(26-13-6-5-12-24(26)20-8-3-2-4-9-20)27-19-17-23-15-14-21-10-7-11-22-16-18-25(27)29(23)28(21)22/h2-19H,1H3. The lowest BCUT2D eigenvalue weighted by molar-refractivity contribution is 1.22. The highest BCUT2D eigenvalue weighted by Gasteiger charge is 2.16. The zero-order valence-electron chi connectivity index (χ0n) is 16.8. The number of nitrogens with zero attached hydrogens (tertiary/aromatic N) is 1. The number of anilines is 2. The highest BCUT2D eigenvalue weighted by Crippen LogP contribution is 2.42. The monoisotopic (exact) mass is 383 g/mol. The molecular formula is C29H21N. The third-order valence-electron chi connectivity index (χ3n) is 6.22. The molecule has 6 aromatic rings. The molecule has 0 unspecified atom stereocenters. The predicted octanol–water partition coefficient (Wildman–Crippen LogP) is 8.02. The average molecular weight is 383 g/mol. The second-order valence-electron chi connectivity index (χ2n) is 7.88. The summed E-state index contributed by atoms with van der Waals surface area (Å²) in [6.45, 7) is 0. The molecule has 1 heteroatoms. The molecule has 0 spiro atoms. The van der Waals surface area contributed by atoms with Gasteiger partial charge in [-0.25, -0.2) is 0 Å². The molecule has 0 aliphatic rings. The van der Waals surface area contributed by atoms with Gasteiger partial charge >= 0.3 is 0 Å². The Morgan fingerprint density at radius 2 is 1.10 bits per heavy atom. The van der Waals surface area contributed by atoms with Crippen LogP contribution in [-0.4, -0.2) is 7.05 Å². The van der Waals surface area contributed by atoms with Crippen molar-refractivity contribution in [3.63, 3.8) is 0 Å². The lowest BCUT2D eigenvalue weighted by Gasteiger charge is -2.25. The Kier molecular flexibility index (Phi) is 3.75. The van der Waals surface area contributed by atoms with Gasteiger partial charge in [0.15, 0.2) is 0 Å². The molecule has 0 saturated heterocycles. The lowest BCUT2D eigenvalue weighted by Crippen LogP contribution is -2.11. The Hall–Kier alpha value is -3.84. The van der Waals surface area contributed by atoms with Gasteiger partial charge in [-0.1, -0.05) is 97.1 Å². The fourth-order valence-corrected chi connectivity index (χ4v) is 4.77. The van der Waals surface area contributed by atoms with E-state index in [1.54, 1.807) is 0 Å². The van der Waals surface area contributed by atoms with E-state index < -0.39 is 0 Å². The summed E-state index contributed by atoms with van der Waals surface area (Å²) in [7, 11) is 2.17. The Labute approximate surface area is 176 Å². The number of hydrogen-bond acceptors (Lipinski definition) is 1. The van der Waals surface area contributed by atoms with Gasteiger partial charge in [0, 0.05) is 29.4 Å². The Morgan fingerprint density at radius 3 is 1.90 bits per heavy atom. The zero-order valence-corrected chi connectivity index (χ0v) is 16.8. The Bertz CT molecular complexity index is 1480. The van der Waals surface area contributed by atoms with Gasteiger partial charge in [-0.3, -0.25) is 0 Å². The summed E-state index contributed by atoms with van der Waals surface area (Å²) >= 11 is 0. The summed E-state index contributed by atoms with van der Waals surface area (Å²) in [6.07, 6.45) is 0. The summed E-state index contributed by atoms with van der Waals surface area (Å²) in [5.74, 6) is 0. The van der Waals surface area contributed by atoms with Crippen molar-refractivity contribution in [2.24, 2.45) is 0 Å². The maximum absolute atomic E-state index is 2.33. The third kappa shape index (κ3) is 2.49. The molecule has 0 heterocycles. The zero-order chi connectivity index (χ0) is 20.1. The Balaban J connectivity index is 1.61. The van der Waals surface area contributed by atoms with Gasteiger partial charge < -0.3 is 4.90 Å². The van der Waals surface area contributed by atoms with Gasteiger partial charge in [0.25, 0.3) is 0 Å². The van der Waals surface area contributed by atoms with E-state index in [2.05, 4.69) is 121 Å². The topological polar surface area (TPSA) is 3.24 Å². The van der Waals surface area contributed by atoms with Gasteiger partial charge in [-0.15, -0.1) is 0 Å². The highest BCUT2D eigenvalue weighted by atomic mass is 15.1. The average Bonchev–Trinajstić information content (AvgIpc) is 2.82. The molecule has 0 aliphatic carbocycles. The van der Waals surface area contributed by atoms with Crippen LogP contribution in [0.5, 0.6) is 0 Å². The van der Waals surface area contributed by atoms with Gasteiger partial charge in [0.05, 0.1) is 0 Å². The van der Waals surface area contributed by atoms with E-state index >= 15 is 0 Å². The minimum Gasteiger partial charge on any atom is -0.344 e. The van der Waals surface area contributed by atoms with Crippen LogP contribution in [0.25, 0.3) is 43.4 Å². The summed E-state index contributed by atoms with van der Waals surface area (Å²) in [5.41, 5.74) is 4.91. The molecule has 0 aliphatic heterocycles. The first-order chi connectivity index (χ1) is 14.8. The maximum atomic E-state index is 2.33. The van der Waals surface area contributed by atoms with Crippen molar-refractivity contribution in [2.45, 2.75) is 0 Å². The molecule has 1 nitrogen and oxygen atoms in total. The molecule has 0 fully saturated rings. The van der Waals surface area contributed by atoms with E-state index in [1.807, 2.05) is 0 Å². The third-order valence-corrected chi connectivity index (χ3v) is 6.22. The van der Waals surface area contributed by atoms with Crippen molar-refractivity contribution in [1.82, 2.24) is 0 Å². The number of benzene rings is 6. The van der Waals surface area contributed by atoms with Crippen molar-refractivity contribution < 1.29 is 0 Å². The fraction of sp³-hybridized carbons (Fsp3) is 0.0345. The fourth-order valence-electron chi connectivity index (χ4n) is 4.77.